The molecule has 0 bridgehead atoms. The van der Waals surface area contributed by atoms with E-state index in [0.29, 0.717) is 11.4 Å². The van der Waals surface area contributed by atoms with Gasteiger partial charge in [-0.15, -0.1) is 0 Å². The number of carbonyl (C=O) groups is 1. The number of carbonyl (C=O) groups excluding carboxylic acids is 1. The van der Waals surface area contributed by atoms with Gasteiger partial charge in [-0.2, -0.15) is 0 Å². The number of hydrogen-bond acceptors (Lipinski definition) is 5. The van der Waals surface area contributed by atoms with E-state index in [1.807, 2.05) is 19.1 Å². The van der Waals surface area contributed by atoms with Gasteiger partial charge in [0.25, 0.3) is 5.91 Å². The monoisotopic (exact) mass is 389 g/mol. The lowest BCUT2D eigenvalue weighted by molar-refractivity contribution is -0.122. The van der Waals surface area contributed by atoms with Gasteiger partial charge in [0, 0.05) is 25.8 Å². The second-order valence-corrected chi connectivity index (χ2v) is 8.84. The number of hydrogen-bond donors (Lipinski definition) is 2. The van der Waals surface area contributed by atoms with E-state index in [-0.39, 0.29) is 16.8 Å². The molecule has 0 saturated heterocycles. The van der Waals surface area contributed by atoms with E-state index in [2.05, 4.69) is 10.6 Å². The Hall–Kier alpha value is -2.58. The van der Waals surface area contributed by atoms with Crippen molar-refractivity contribution in [2.45, 2.75) is 30.9 Å². The number of nitrogens with one attached hydrogen (secondary N) is 2. The highest BCUT2D eigenvalue weighted by Gasteiger charge is 2.24. The molecule has 3 rings (SSSR count). The van der Waals surface area contributed by atoms with Crippen LogP contribution in [0.3, 0.4) is 0 Å². The molecular formula is C19H23N3O4S. The van der Waals surface area contributed by atoms with Gasteiger partial charge in [0.2, 0.25) is 10.0 Å². The molecule has 1 heterocycles. The van der Waals surface area contributed by atoms with E-state index in [1.165, 1.54) is 18.4 Å². The molecule has 1 aliphatic heterocycles. The predicted octanol–water partition coefficient (Wildman–Crippen LogP) is 2.83. The Morgan fingerprint density at radius 2 is 1.93 bits per heavy atom. The molecule has 1 aliphatic rings. The Balaban J connectivity index is 1.81. The Labute approximate surface area is 159 Å². The summed E-state index contributed by atoms with van der Waals surface area (Å²) in [6.07, 6.45) is -0.517. The first-order valence-corrected chi connectivity index (χ1v) is 10.0. The summed E-state index contributed by atoms with van der Waals surface area (Å²) in [5.41, 5.74) is 2.24. The molecule has 0 radical (unpaired) electrons. The van der Waals surface area contributed by atoms with Crippen LogP contribution in [0.2, 0.25) is 0 Å². The van der Waals surface area contributed by atoms with E-state index in [0.717, 1.165) is 11.3 Å². The first-order chi connectivity index (χ1) is 12.7. The van der Waals surface area contributed by atoms with Crippen molar-refractivity contribution >= 4 is 27.3 Å². The van der Waals surface area contributed by atoms with E-state index in [1.54, 1.807) is 37.3 Å². The largest absolute Gasteiger partial charge is 0.479 e. The molecular weight excluding hydrogens is 366 g/mol. The van der Waals surface area contributed by atoms with Crippen molar-refractivity contribution < 1.29 is 17.9 Å². The minimum atomic E-state index is -3.49. The molecule has 2 unspecified atom stereocenters. The lowest BCUT2D eigenvalue weighted by Crippen LogP contribution is -2.34. The van der Waals surface area contributed by atoms with Crippen LogP contribution < -0.4 is 15.4 Å². The van der Waals surface area contributed by atoms with Crippen LogP contribution >= 0.6 is 0 Å². The summed E-state index contributed by atoms with van der Waals surface area (Å²) in [7, 11) is -0.472. The van der Waals surface area contributed by atoms with Crippen LogP contribution in [0.15, 0.2) is 47.4 Å². The van der Waals surface area contributed by atoms with Gasteiger partial charge in [-0.05, 0) is 49.7 Å². The fourth-order valence-electron chi connectivity index (χ4n) is 2.79. The maximum absolute atomic E-state index is 12.3. The molecule has 1 amide bonds. The van der Waals surface area contributed by atoms with Crippen LogP contribution in [0.4, 0.5) is 11.4 Å². The third kappa shape index (κ3) is 3.91. The van der Waals surface area contributed by atoms with Crippen LogP contribution in [0.1, 0.15) is 25.5 Å². The van der Waals surface area contributed by atoms with Gasteiger partial charge >= 0.3 is 0 Å². The number of amides is 1. The van der Waals surface area contributed by atoms with Crippen molar-refractivity contribution in [3.8, 4) is 5.75 Å². The predicted molar refractivity (Wildman–Crippen MR) is 105 cm³/mol. The third-order valence-electron chi connectivity index (χ3n) is 4.43. The highest BCUT2D eigenvalue weighted by Crippen LogP contribution is 2.33. The Morgan fingerprint density at radius 1 is 1.19 bits per heavy atom. The second-order valence-electron chi connectivity index (χ2n) is 6.69. The van der Waals surface area contributed by atoms with Gasteiger partial charge in [0.05, 0.1) is 10.6 Å². The first kappa shape index (κ1) is 19.2. The van der Waals surface area contributed by atoms with Gasteiger partial charge in [0.15, 0.2) is 6.10 Å². The molecule has 27 heavy (non-hydrogen) atoms. The number of sulfonamides is 1. The first-order valence-electron chi connectivity index (χ1n) is 8.59. The van der Waals surface area contributed by atoms with E-state index in [4.69, 9.17) is 4.74 Å². The summed E-state index contributed by atoms with van der Waals surface area (Å²) in [6, 6.07) is 12.2. The zero-order valence-corrected chi connectivity index (χ0v) is 16.5. The minimum Gasteiger partial charge on any atom is -0.479 e. The number of fused-ring (bicyclic) bond motifs is 1. The van der Waals surface area contributed by atoms with E-state index in [9.17, 15) is 13.2 Å². The van der Waals surface area contributed by atoms with Gasteiger partial charge < -0.3 is 15.4 Å². The van der Waals surface area contributed by atoms with Crippen LogP contribution in [0.5, 0.6) is 5.75 Å². The van der Waals surface area contributed by atoms with Crippen molar-refractivity contribution in [2.75, 3.05) is 24.7 Å². The molecule has 2 N–H and O–H groups in total. The lowest BCUT2D eigenvalue weighted by Gasteiger charge is -2.24. The number of nitrogens with zero attached hydrogens (tertiary/aromatic N) is 1. The second kappa shape index (κ2) is 7.21. The summed E-state index contributed by atoms with van der Waals surface area (Å²) >= 11 is 0. The molecule has 2 aromatic carbocycles. The molecule has 0 saturated carbocycles. The van der Waals surface area contributed by atoms with Gasteiger partial charge in [0.1, 0.15) is 5.75 Å². The van der Waals surface area contributed by atoms with Crippen molar-refractivity contribution in [3.63, 3.8) is 0 Å². The molecule has 0 aromatic heterocycles. The van der Waals surface area contributed by atoms with Gasteiger partial charge in [-0.1, -0.05) is 12.1 Å². The number of ether oxygens (including phenoxy) is 1. The van der Waals surface area contributed by atoms with Crippen molar-refractivity contribution in [2.24, 2.45) is 0 Å². The molecule has 0 spiro atoms. The fraction of sp³-hybridized carbons (Fsp3) is 0.316. The molecule has 2 aromatic rings. The molecule has 0 fully saturated rings. The Kier molecular flexibility index (Phi) is 5.12. The normalized spacial score (nSPS) is 17.7. The summed E-state index contributed by atoms with van der Waals surface area (Å²) in [6.45, 7) is 3.64. The topological polar surface area (TPSA) is 87.7 Å². The molecule has 8 heteroatoms. The number of benzene rings is 2. The quantitative estimate of drug-likeness (QED) is 0.821. The Morgan fingerprint density at radius 3 is 2.63 bits per heavy atom. The summed E-state index contributed by atoms with van der Waals surface area (Å²) in [4.78, 5) is 12.0. The molecule has 7 nitrogen and oxygen atoms in total. The van der Waals surface area contributed by atoms with E-state index < -0.39 is 16.1 Å². The smallest absolute Gasteiger partial charge is 0.265 e. The van der Waals surface area contributed by atoms with Crippen LogP contribution in [-0.2, 0) is 14.8 Å². The van der Waals surface area contributed by atoms with Crippen molar-refractivity contribution in [1.29, 1.82) is 0 Å². The highest BCUT2D eigenvalue weighted by atomic mass is 32.2. The van der Waals surface area contributed by atoms with Crippen molar-refractivity contribution in [1.82, 2.24) is 4.31 Å². The van der Waals surface area contributed by atoms with Crippen LogP contribution in [0, 0.1) is 0 Å². The molecule has 144 valence electrons. The third-order valence-corrected chi connectivity index (χ3v) is 6.24. The van der Waals surface area contributed by atoms with Gasteiger partial charge in [-0.3, -0.25) is 4.79 Å². The molecule has 0 aliphatic carbocycles. The maximum Gasteiger partial charge on any atom is 0.265 e. The molecule has 2 atom stereocenters. The summed E-state index contributed by atoms with van der Waals surface area (Å²) < 4.78 is 31.4. The summed E-state index contributed by atoms with van der Waals surface area (Å²) in [5.74, 6) is 0.439. The van der Waals surface area contributed by atoms with E-state index >= 15 is 0 Å². The van der Waals surface area contributed by atoms with Gasteiger partial charge in [-0.25, -0.2) is 12.7 Å². The Bertz CT molecular complexity index is 973. The average Bonchev–Trinajstić information content (AvgIpc) is 2.63. The standard InChI is InChI=1S/C19H23N3O4S/c1-12(14-6-5-7-16(10-14)27(24,25)22(3)4)20-15-8-9-18-17(11-15)21-19(23)13(2)26-18/h5-13,20H,1-4H3,(H,21,23). The van der Waals surface area contributed by atoms with Crippen molar-refractivity contribution in [3.05, 3.63) is 48.0 Å². The summed E-state index contributed by atoms with van der Waals surface area (Å²) in [5, 5.41) is 6.14. The zero-order chi connectivity index (χ0) is 19.8. The van der Waals surface area contributed by atoms with Crippen LogP contribution in [0.25, 0.3) is 0 Å². The minimum absolute atomic E-state index is 0.139. The fourth-order valence-corrected chi connectivity index (χ4v) is 3.74. The SMILES string of the molecule is CC1Oc2ccc(NC(C)c3cccc(S(=O)(=O)N(C)C)c3)cc2NC1=O. The maximum atomic E-state index is 12.3. The highest BCUT2D eigenvalue weighted by molar-refractivity contribution is 7.89. The average molecular weight is 389 g/mol. The number of anilines is 2. The number of rotatable bonds is 5. The van der Waals surface area contributed by atoms with Crippen LogP contribution in [-0.4, -0.2) is 38.8 Å². The zero-order valence-electron chi connectivity index (χ0n) is 15.7. The lowest BCUT2D eigenvalue weighted by atomic mass is 10.1.